The lowest BCUT2D eigenvalue weighted by atomic mass is 9.94. The molecule has 0 bridgehead atoms. The minimum atomic E-state index is -0.911. The van der Waals surface area contributed by atoms with Crippen LogP contribution in [0.3, 0.4) is 0 Å². The molecule has 8 nitrogen and oxygen atoms in total. The lowest BCUT2D eigenvalue weighted by Crippen LogP contribution is -2.47. The lowest BCUT2D eigenvalue weighted by molar-refractivity contribution is -0.0598. The average molecular weight is 282 g/mol. The summed E-state index contributed by atoms with van der Waals surface area (Å²) in [6, 6.07) is -0.457. The van der Waals surface area contributed by atoms with Crippen LogP contribution in [0.15, 0.2) is 12.5 Å². The van der Waals surface area contributed by atoms with Gasteiger partial charge in [-0.15, -0.1) is 0 Å². The fourth-order valence-electron chi connectivity index (χ4n) is 1.88. The third-order valence-electron chi connectivity index (χ3n) is 3.13. The number of hydrogen-bond donors (Lipinski definition) is 3. The van der Waals surface area contributed by atoms with Crippen LogP contribution in [0.2, 0.25) is 0 Å². The number of hydrogen-bond acceptors (Lipinski definition) is 6. The molecule has 1 aromatic rings. The molecule has 1 aliphatic heterocycles. The van der Waals surface area contributed by atoms with Crippen molar-refractivity contribution in [3.05, 3.63) is 12.5 Å². The summed E-state index contributed by atoms with van der Waals surface area (Å²) >= 11 is 0. The fourth-order valence-corrected chi connectivity index (χ4v) is 1.88. The number of nitrogens with zero attached hydrogens (tertiary/aromatic N) is 2. The van der Waals surface area contributed by atoms with Crippen LogP contribution in [0, 0.1) is 0 Å². The minimum Gasteiger partial charge on any atom is -0.491 e. The highest BCUT2D eigenvalue weighted by Crippen LogP contribution is 2.20. The second-order valence-corrected chi connectivity index (χ2v) is 4.58. The summed E-state index contributed by atoms with van der Waals surface area (Å²) in [4.78, 5) is 19.5. The van der Waals surface area contributed by atoms with Crippen molar-refractivity contribution in [1.29, 1.82) is 0 Å². The molecule has 1 fully saturated rings. The van der Waals surface area contributed by atoms with Crippen LogP contribution in [0.4, 0.5) is 10.6 Å². The molecule has 20 heavy (non-hydrogen) atoms. The van der Waals surface area contributed by atoms with E-state index in [1.54, 1.807) is 0 Å². The summed E-state index contributed by atoms with van der Waals surface area (Å²) in [5.41, 5.74) is -0.911. The second-order valence-electron chi connectivity index (χ2n) is 4.58. The molecule has 1 saturated heterocycles. The van der Waals surface area contributed by atoms with E-state index in [1.165, 1.54) is 19.6 Å². The molecular weight excluding hydrogens is 264 g/mol. The molecule has 1 aliphatic rings. The monoisotopic (exact) mass is 282 g/mol. The van der Waals surface area contributed by atoms with Crippen LogP contribution < -0.4 is 15.4 Å². The zero-order valence-electron chi connectivity index (χ0n) is 11.3. The largest absolute Gasteiger partial charge is 0.491 e. The first-order valence-corrected chi connectivity index (χ1v) is 6.32. The lowest BCUT2D eigenvalue weighted by Gasteiger charge is -2.32. The third kappa shape index (κ3) is 3.78. The number of aliphatic hydroxyl groups is 1. The zero-order chi connectivity index (χ0) is 14.4. The molecule has 0 aliphatic carbocycles. The Morgan fingerprint density at radius 3 is 3.00 bits per heavy atom. The van der Waals surface area contributed by atoms with Crippen LogP contribution in [-0.2, 0) is 4.74 Å². The number of anilines is 1. The highest BCUT2D eigenvalue weighted by molar-refractivity contribution is 5.89. The van der Waals surface area contributed by atoms with Crippen molar-refractivity contribution in [3.8, 4) is 5.75 Å². The van der Waals surface area contributed by atoms with Gasteiger partial charge in [-0.05, 0) is 0 Å². The number of rotatable bonds is 4. The standard InChI is InChI=1S/C12H18N4O4/c1-19-9-6-13-8-15-10(9)16-11(17)14-7-12(18)2-4-20-5-3-12/h6,8,18H,2-5,7H2,1H3,(H2,13,14,15,16,17). The Morgan fingerprint density at radius 1 is 1.55 bits per heavy atom. The van der Waals surface area contributed by atoms with Gasteiger partial charge in [0.1, 0.15) is 6.33 Å². The van der Waals surface area contributed by atoms with Crippen molar-refractivity contribution in [2.45, 2.75) is 18.4 Å². The summed E-state index contributed by atoms with van der Waals surface area (Å²) in [6.07, 6.45) is 3.77. The Bertz CT molecular complexity index is 463. The summed E-state index contributed by atoms with van der Waals surface area (Å²) in [5.74, 6) is 0.645. The predicted octanol–water partition coefficient (Wildman–Crippen LogP) is 0.148. The van der Waals surface area contributed by atoms with Gasteiger partial charge in [0.05, 0.1) is 18.9 Å². The van der Waals surface area contributed by atoms with Gasteiger partial charge in [-0.3, -0.25) is 5.32 Å². The van der Waals surface area contributed by atoms with Crippen LogP contribution in [0.25, 0.3) is 0 Å². The van der Waals surface area contributed by atoms with Crippen LogP contribution in [-0.4, -0.2) is 53.6 Å². The number of aromatic nitrogens is 2. The van der Waals surface area contributed by atoms with Gasteiger partial charge in [0, 0.05) is 32.6 Å². The van der Waals surface area contributed by atoms with E-state index in [2.05, 4.69) is 20.6 Å². The molecule has 0 aromatic carbocycles. The summed E-state index contributed by atoms with van der Waals surface area (Å²) in [7, 11) is 1.46. The number of carbonyl (C=O) groups is 1. The van der Waals surface area contributed by atoms with Gasteiger partial charge in [-0.2, -0.15) is 0 Å². The van der Waals surface area contributed by atoms with Crippen LogP contribution in [0.5, 0.6) is 5.75 Å². The van der Waals surface area contributed by atoms with Crippen LogP contribution >= 0.6 is 0 Å². The molecule has 2 amide bonds. The third-order valence-corrected chi connectivity index (χ3v) is 3.13. The maximum atomic E-state index is 11.8. The predicted molar refractivity (Wildman–Crippen MR) is 70.6 cm³/mol. The van der Waals surface area contributed by atoms with Crippen molar-refractivity contribution in [1.82, 2.24) is 15.3 Å². The minimum absolute atomic E-state index is 0.162. The van der Waals surface area contributed by atoms with Crippen molar-refractivity contribution in [2.75, 3.05) is 32.2 Å². The molecule has 8 heteroatoms. The molecule has 1 aromatic heterocycles. The number of amides is 2. The second kappa shape index (κ2) is 6.49. The van der Waals surface area contributed by atoms with Crippen LogP contribution in [0.1, 0.15) is 12.8 Å². The highest BCUT2D eigenvalue weighted by atomic mass is 16.5. The smallest absolute Gasteiger partial charge is 0.320 e. The van der Waals surface area contributed by atoms with E-state index in [0.29, 0.717) is 31.8 Å². The highest BCUT2D eigenvalue weighted by Gasteiger charge is 2.30. The Morgan fingerprint density at radius 2 is 2.30 bits per heavy atom. The van der Waals surface area contributed by atoms with Gasteiger partial charge in [0.2, 0.25) is 0 Å². The molecule has 110 valence electrons. The zero-order valence-corrected chi connectivity index (χ0v) is 11.3. The Kier molecular flexibility index (Phi) is 4.70. The van der Waals surface area contributed by atoms with Crippen molar-refractivity contribution < 1.29 is 19.4 Å². The maximum Gasteiger partial charge on any atom is 0.320 e. The number of methoxy groups -OCH3 is 1. The SMILES string of the molecule is COc1cncnc1NC(=O)NCC1(O)CCOCC1. The van der Waals surface area contributed by atoms with Crippen molar-refractivity contribution in [3.63, 3.8) is 0 Å². The van der Waals surface area contributed by atoms with Crippen molar-refractivity contribution in [2.24, 2.45) is 0 Å². The summed E-state index contributed by atoms with van der Waals surface area (Å²) in [5, 5.41) is 15.4. The Labute approximate surface area is 116 Å². The molecule has 0 radical (unpaired) electrons. The first kappa shape index (κ1) is 14.5. The molecule has 2 rings (SSSR count). The number of carbonyl (C=O) groups excluding carboxylic acids is 1. The first-order chi connectivity index (χ1) is 9.63. The molecule has 2 heterocycles. The quantitative estimate of drug-likeness (QED) is 0.726. The Hall–Kier alpha value is -1.93. The van der Waals surface area contributed by atoms with Gasteiger partial charge in [0.15, 0.2) is 11.6 Å². The summed E-state index contributed by atoms with van der Waals surface area (Å²) < 4.78 is 10.2. The molecule has 0 unspecified atom stereocenters. The maximum absolute atomic E-state index is 11.8. The van der Waals surface area contributed by atoms with E-state index >= 15 is 0 Å². The van der Waals surface area contributed by atoms with Crippen molar-refractivity contribution >= 4 is 11.8 Å². The number of ether oxygens (including phenoxy) is 2. The van der Waals surface area contributed by atoms with E-state index < -0.39 is 11.6 Å². The Balaban J connectivity index is 1.86. The fraction of sp³-hybridized carbons (Fsp3) is 0.583. The molecule has 0 spiro atoms. The summed E-state index contributed by atoms with van der Waals surface area (Å²) in [6.45, 7) is 1.16. The molecule has 3 N–H and O–H groups in total. The van der Waals surface area contributed by atoms with Gasteiger partial charge < -0.3 is 19.9 Å². The van der Waals surface area contributed by atoms with Gasteiger partial charge in [-0.25, -0.2) is 14.8 Å². The normalized spacial score (nSPS) is 17.3. The molecular formula is C12H18N4O4. The van der Waals surface area contributed by atoms with Gasteiger partial charge >= 0.3 is 6.03 Å². The van der Waals surface area contributed by atoms with E-state index in [1.807, 2.05) is 0 Å². The van der Waals surface area contributed by atoms with E-state index in [0.717, 1.165) is 0 Å². The van der Waals surface area contributed by atoms with E-state index in [9.17, 15) is 9.90 Å². The first-order valence-electron chi connectivity index (χ1n) is 6.32. The number of urea groups is 1. The average Bonchev–Trinajstić information content (AvgIpc) is 2.47. The van der Waals surface area contributed by atoms with Gasteiger partial charge in [0.25, 0.3) is 0 Å². The molecule has 0 atom stereocenters. The van der Waals surface area contributed by atoms with E-state index in [-0.39, 0.29) is 12.4 Å². The van der Waals surface area contributed by atoms with Gasteiger partial charge in [-0.1, -0.05) is 0 Å². The number of nitrogens with one attached hydrogen (secondary N) is 2. The topological polar surface area (TPSA) is 106 Å². The van der Waals surface area contributed by atoms with E-state index in [4.69, 9.17) is 9.47 Å². The molecule has 0 saturated carbocycles.